The van der Waals surface area contributed by atoms with Crippen molar-refractivity contribution in [3.63, 3.8) is 0 Å². The number of halogens is 1. The van der Waals surface area contributed by atoms with Crippen LogP contribution in [0.5, 0.6) is 5.75 Å². The Kier molecular flexibility index (Phi) is 6.90. The molecule has 1 atom stereocenters. The topological polar surface area (TPSA) is 58.8 Å². The molecule has 2 N–H and O–H groups in total. The summed E-state index contributed by atoms with van der Waals surface area (Å²) in [5.41, 5.74) is 6.24. The van der Waals surface area contributed by atoms with Crippen molar-refractivity contribution in [1.82, 2.24) is 9.80 Å². The molecule has 1 heterocycles. The molecular formula is C18H28ClN3O2. The number of amides is 1. The Balaban J connectivity index is 1.96. The van der Waals surface area contributed by atoms with Crippen LogP contribution in [0.4, 0.5) is 0 Å². The minimum Gasteiger partial charge on any atom is -0.482 e. The van der Waals surface area contributed by atoms with Gasteiger partial charge in [-0.05, 0) is 38.0 Å². The molecule has 1 aliphatic heterocycles. The van der Waals surface area contributed by atoms with E-state index in [1.165, 1.54) is 0 Å². The number of hydrogen-bond donors (Lipinski definition) is 1. The summed E-state index contributed by atoms with van der Waals surface area (Å²) >= 11 is 6.25. The van der Waals surface area contributed by atoms with Gasteiger partial charge >= 0.3 is 0 Å². The van der Waals surface area contributed by atoms with Gasteiger partial charge in [0.2, 0.25) is 0 Å². The van der Waals surface area contributed by atoms with E-state index < -0.39 is 5.91 Å². The summed E-state index contributed by atoms with van der Waals surface area (Å²) in [6.07, 6.45) is 1.16. The van der Waals surface area contributed by atoms with Crippen LogP contribution < -0.4 is 10.5 Å². The highest BCUT2D eigenvalue weighted by molar-refractivity contribution is 6.32. The summed E-state index contributed by atoms with van der Waals surface area (Å²) in [6, 6.07) is 6.91. The summed E-state index contributed by atoms with van der Waals surface area (Å²) in [5, 5.41) is 0.515. The molecule has 6 heteroatoms. The van der Waals surface area contributed by atoms with Gasteiger partial charge in [0.25, 0.3) is 5.91 Å². The van der Waals surface area contributed by atoms with Crippen molar-refractivity contribution < 1.29 is 9.53 Å². The first kappa shape index (κ1) is 19.0. The third-order valence-corrected chi connectivity index (χ3v) is 4.81. The number of benzene rings is 1. The molecule has 0 aliphatic carbocycles. The molecule has 1 aromatic rings. The molecule has 1 amide bonds. The first-order valence-electron chi connectivity index (χ1n) is 8.58. The van der Waals surface area contributed by atoms with Gasteiger partial charge in [-0.3, -0.25) is 14.6 Å². The normalized spacial score (nSPS) is 19.6. The number of rotatable bonds is 7. The van der Waals surface area contributed by atoms with Crippen molar-refractivity contribution in [3.05, 3.63) is 28.8 Å². The minimum atomic E-state index is -0.510. The molecule has 5 nitrogen and oxygen atoms in total. The van der Waals surface area contributed by atoms with Crippen molar-refractivity contribution in [2.45, 2.75) is 45.8 Å². The van der Waals surface area contributed by atoms with Crippen LogP contribution in [-0.2, 0) is 11.3 Å². The zero-order chi connectivity index (χ0) is 17.7. The third kappa shape index (κ3) is 5.10. The number of nitrogens with two attached hydrogens (primary N) is 1. The van der Waals surface area contributed by atoms with E-state index in [0.717, 1.165) is 38.2 Å². The van der Waals surface area contributed by atoms with Gasteiger partial charge in [-0.15, -0.1) is 0 Å². The molecule has 0 radical (unpaired) electrons. The zero-order valence-electron chi connectivity index (χ0n) is 14.8. The van der Waals surface area contributed by atoms with E-state index in [9.17, 15) is 4.79 Å². The fourth-order valence-electron chi connectivity index (χ4n) is 3.29. The number of nitrogens with zero attached hydrogens (tertiary/aromatic N) is 2. The lowest BCUT2D eigenvalue weighted by atomic mass is 10.1. The molecule has 1 fully saturated rings. The number of hydrogen-bond acceptors (Lipinski definition) is 4. The maximum Gasteiger partial charge on any atom is 0.255 e. The van der Waals surface area contributed by atoms with Gasteiger partial charge in [-0.25, -0.2) is 0 Å². The molecule has 0 spiro atoms. The lowest BCUT2D eigenvalue weighted by Crippen LogP contribution is -2.54. The second-order valence-electron chi connectivity index (χ2n) is 6.65. The van der Waals surface area contributed by atoms with Gasteiger partial charge < -0.3 is 10.5 Å². The zero-order valence-corrected chi connectivity index (χ0v) is 15.6. The Bertz CT molecular complexity index is 565. The van der Waals surface area contributed by atoms with Crippen molar-refractivity contribution >= 4 is 17.5 Å². The van der Waals surface area contributed by atoms with Crippen LogP contribution in [0.25, 0.3) is 0 Å². The van der Waals surface area contributed by atoms with Gasteiger partial charge in [0.05, 0.1) is 5.02 Å². The number of carbonyl (C=O) groups is 1. The van der Waals surface area contributed by atoms with Gasteiger partial charge in [0.15, 0.2) is 6.61 Å². The molecule has 0 aromatic heterocycles. The Morgan fingerprint density at radius 1 is 1.42 bits per heavy atom. The van der Waals surface area contributed by atoms with Crippen LogP contribution in [0.15, 0.2) is 18.2 Å². The predicted molar refractivity (Wildman–Crippen MR) is 97.3 cm³/mol. The van der Waals surface area contributed by atoms with E-state index in [0.29, 0.717) is 22.9 Å². The summed E-state index contributed by atoms with van der Waals surface area (Å²) in [5.74, 6) is -0.0148. The molecule has 134 valence electrons. The maximum absolute atomic E-state index is 10.8. The Hall–Kier alpha value is -1.30. The van der Waals surface area contributed by atoms with E-state index in [-0.39, 0.29) is 6.61 Å². The lowest BCUT2D eigenvalue weighted by molar-refractivity contribution is -0.119. The second-order valence-corrected chi connectivity index (χ2v) is 7.06. The van der Waals surface area contributed by atoms with E-state index in [4.69, 9.17) is 22.1 Å². The van der Waals surface area contributed by atoms with E-state index in [1.807, 2.05) is 18.2 Å². The second kappa shape index (κ2) is 8.70. The fraction of sp³-hybridized carbons (Fsp3) is 0.611. The predicted octanol–water partition coefficient (Wildman–Crippen LogP) is 2.51. The van der Waals surface area contributed by atoms with Crippen molar-refractivity contribution in [2.75, 3.05) is 26.2 Å². The highest BCUT2D eigenvalue weighted by Crippen LogP contribution is 2.26. The van der Waals surface area contributed by atoms with E-state index in [1.54, 1.807) is 0 Å². The SMILES string of the molecule is CC[C@@H]1CN(Cc2ccc(OCC(N)=O)c(Cl)c2)CCN1C(C)C. The monoisotopic (exact) mass is 353 g/mol. The van der Waals surface area contributed by atoms with Crippen LogP contribution in [0.1, 0.15) is 32.8 Å². The van der Waals surface area contributed by atoms with Crippen molar-refractivity contribution in [2.24, 2.45) is 5.73 Å². The van der Waals surface area contributed by atoms with Crippen LogP contribution in [-0.4, -0.2) is 54.0 Å². The first-order valence-corrected chi connectivity index (χ1v) is 8.96. The van der Waals surface area contributed by atoms with Gasteiger partial charge in [-0.2, -0.15) is 0 Å². The molecule has 1 saturated heterocycles. The summed E-state index contributed by atoms with van der Waals surface area (Å²) in [6.45, 7) is 10.7. The number of primary amides is 1. The Morgan fingerprint density at radius 3 is 2.75 bits per heavy atom. The Morgan fingerprint density at radius 2 is 2.17 bits per heavy atom. The highest BCUT2D eigenvalue weighted by atomic mass is 35.5. The molecular weight excluding hydrogens is 326 g/mol. The van der Waals surface area contributed by atoms with Crippen LogP contribution in [0, 0.1) is 0 Å². The highest BCUT2D eigenvalue weighted by Gasteiger charge is 2.27. The standard InChI is InChI=1S/C18H28ClN3O2/c1-4-15-11-21(7-8-22(15)13(2)3)10-14-5-6-17(16(19)9-14)24-12-18(20)23/h5-6,9,13,15H,4,7-8,10-12H2,1-3H3,(H2,20,23)/t15-/m1/s1. The van der Waals surface area contributed by atoms with Gasteiger partial charge in [0.1, 0.15) is 5.75 Å². The fourth-order valence-corrected chi connectivity index (χ4v) is 3.55. The van der Waals surface area contributed by atoms with Crippen LogP contribution in [0.2, 0.25) is 5.02 Å². The van der Waals surface area contributed by atoms with Crippen molar-refractivity contribution in [3.8, 4) is 5.75 Å². The molecule has 24 heavy (non-hydrogen) atoms. The van der Waals surface area contributed by atoms with Crippen molar-refractivity contribution in [1.29, 1.82) is 0 Å². The lowest BCUT2D eigenvalue weighted by Gasteiger charge is -2.43. The minimum absolute atomic E-state index is 0.158. The third-order valence-electron chi connectivity index (χ3n) is 4.52. The van der Waals surface area contributed by atoms with Gasteiger partial charge in [0, 0.05) is 38.3 Å². The molecule has 2 rings (SSSR count). The quantitative estimate of drug-likeness (QED) is 0.818. The van der Waals surface area contributed by atoms with Crippen LogP contribution in [0.3, 0.4) is 0 Å². The number of ether oxygens (including phenoxy) is 1. The summed E-state index contributed by atoms with van der Waals surface area (Å²) in [7, 11) is 0. The molecule has 0 saturated carbocycles. The summed E-state index contributed by atoms with van der Waals surface area (Å²) < 4.78 is 5.29. The molecule has 0 bridgehead atoms. The van der Waals surface area contributed by atoms with Crippen LogP contribution >= 0.6 is 11.6 Å². The number of carbonyl (C=O) groups excluding carboxylic acids is 1. The number of piperazine rings is 1. The summed E-state index contributed by atoms with van der Waals surface area (Å²) in [4.78, 5) is 15.9. The van der Waals surface area contributed by atoms with Gasteiger partial charge in [-0.1, -0.05) is 24.6 Å². The first-order chi connectivity index (χ1) is 11.4. The molecule has 1 aromatic carbocycles. The van der Waals surface area contributed by atoms with E-state index >= 15 is 0 Å². The maximum atomic E-state index is 10.8. The molecule has 1 aliphatic rings. The Labute approximate surface area is 149 Å². The van der Waals surface area contributed by atoms with E-state index in [2.05, 4.69) is 30.6 Å². The largest absolute Gasteiger partial charge is 0.482 e. The average Bonchev–Trinajstić information content (AvgIpc) is 2.53. The molecule has 0 unspecified atom stereocenters. The average molecular weight is 354 g/mol. The smallest absolute Gasteiger partial charge is 0.255 e.